The molecule has 4 aromatic carbocycles. The van der Waals surface area contributed by atoms with E-state index in [0.717, 1.165) is 11.1 Å². The van der Waals surface area contributed by atoms with Gasteiger partial charge in [0, 0.05) is 27.7 Å². The Morgan fingerprint density at radius 2 is 0.689 bits per heavy atom. The van der Waals surface area contributed by atoms with Crippen molar-refractivity contribution < 1.29 is 84.7 Å². The van der Waals surface area contributed by atoms with Crippen LogP contribution >= 0.6 is 0 Å². The Bertz CT molecular complexity index is 2930. The molecule has 1 saturated heterocycles. The lowest BCUT2D eigenvalue weighted by Crippen LogP contribution is -2.70. The molecule has 1 fully saturated rings. The van der Waals surface area contributed by atoms with Crippen LogP contribution < -0.4 is 28.4 Å². The van der Waals surface area contributed by atoms with Crippen molar-refractivity contribution in [2.24, 2.45) is 0 Å². The van der Waals surface area contributed by atoms with E-state index in [9.17, 15) is 24.0 Å². The van der Waals surface area contributed by atoms with Crippen LogP contribution in [-0.4, -0.2) is 98.1 Å². The summed E-state index contributed by atoms with van der Waals surface area (Å²) in [5, 5.41) is 0. The fourth-order valence-electron chi connectivity index (χ4n) is 13.9. The van der Waals surface area contributed by atoms with Gasteiger partial charge in [0.1, 0.15) is 44.2 Å². The van der Waals surface area contributed by atoms with Crippen LogP contribution in [0.15, 0.2) is 84.9 Å². The quantitative estimate of drug-likeness (QED) is 0.0270. The molecule has 1 aliphatic heterocycles. The predicted molar refractivity (Wildman–Crippen MR) is 352 cm³/mol. The first-order valence-corrected chi connectivity index (χ1v) is 38.1. The zero-order chi connectivity index (χ0) is 67.3. The highest BCUT2D eigenvalue weighted by molar-refractivity contribution is 6.79. The molecular formula is C69H100O18Si3. The van der Waals surface area contributed by atoms with Gasteiger partial charge in [0.05, 0.1) is 11.1 Å². The first-order valence-electron chi connectivity index (χ1n) is 31.6. The van der Waals surface area contributed by atoms with Gasteiger partial charge >= 0.3 is 35.8 Å². The number of rotatable bonds is 30. The Balaban J connectivity index is 1.85. The first kappa shape index (κ1) is 74.5. The normalized spacial score (nSPS) is 17.4. The van der Waals surface area contributed by atoms with Gasteiger partial charge in [-0.2, -0.15) is 0 Å². The second kappa shape index (κ2) is 32.4. The lowest BCUT2D eigenvalue weighted by atomic mass is 9.99. The fourth-order valence-corrected chi connectivity index (χ4v) is 30.6. The molecule has 0 aromatic heterocycles. The van der Waals surface area contributed by atoms with Crippen LogP contribution in [0.4, 0.5) is 0 Å². The number of ether oxygens (including phenoxy) is 9. The van der Waals surface area contributed by atoms with Crippen molar-refractivity contribution in [3.05, 3.63) is 107 Å². The third-order valence-corrected chi connectivity index (χ3v) is 35.6. The second-order valence-corrected chi connectivity index (χ2v) is 42.5. The summed E-state index contributed by atoms with van der Waals surface area (Å²) in [6.07, 6.45) is -6.19. The summed E-state index contributed by atoms with van der Waals surface area (Å²) in [7, 11) is -9.19. The number of hydrogen-bond donors (Lipinski definition) is 0. The number of carbonyl (C=O) groups excluding carboxylic acids is 6. The van der Waals surface area contributed by atoms with E-state index < -0.39 is 98.1 Å². The van der Waals surface area contributed by atoms with E-state index in [1.54, 1.807) is 0 Å². The Morgan fingerprint density at radius 1 is 0.400 bits per heavy atom. The Labute approximate surface area is 537 Å². The maximum atomic E-state index is 15.5. The Hall–Kier alpha value is -6.21. The highest BCUT2D eigenvalue weighted by atomic mass is 28.4. The molecular weight excluding hydrogens is 1200 g/mol. The van der Waals surface area contributed by atoms with Crippen molar-refractivity contribution in [2.45, 2.75) is 246 Å². The van der Waals surface area contributed by atoms with Crippen LogP contribution in [0.1, 0.15) is 184 Å². The van der Waals surface area contributed by atoms with E-state index in [0.29, 0.717) is 0 Å². The minimum absolute atomic E-state index is 0.00446. The van der Waals surface area contributed by atoms with Crippen molar-refractivity contribution in [1.29, 1.82) is 0 Å². The first-order chi connectivity index (χ1) is 42.1. The number of carbonyl (C=O) groups is 6. The maximum absolute atomic E-state index is 15.5. The highest BCUT2D eigenvalue weighted by Gasteiger charge is 2.61. The maximum Gasteiger partial charge on any atom is 0.340 e. The van der Waals surface area contributed by atoms with Crippen molar-refractivity contribution in [3.63, 3.8) is 0 Å². The fraction of sp³-hybridized carbons (Fsp3) is 0.565. The SMILES string of the molecule is CC(=O)Oc1cc(C(=O)OC[C@H]2O[C@@H](OC(=O)c3cc(OC(C)=O)c(OCc4ccccc4)c(OC(C)=O)c3)[C@H](O[Si](C(C)C)(C(C)C)C(C)C)[C@@H](O[Si](C(C)C)(C(C)C)C(C)C)[C@@H]2O[Si](C(C)C)(C(C)C)C(C)C)cc(OC(C)=O)c1OCc1ccccc1. The third-order valence-electron chi connectivity index (χ3n) is 17.3. The molecule has 4 aromatic rings. The summed E-state index contributed by atoms with van der Waals surface area (Å²) in [5.41, 5.74) is 1.23. The largest absolute Gasteiger partial charge is 0.482 e. The zero-order valence-electron chi connectivity index (χ0n) is 57.1. The van der Waals surface area contributed by atoms with Crippen LogP contribution in [-0.2, 0) is 59.9 Å². The van der Waals surface area contributed by atoms with Crippen molar-refractivity contribution in [3.8, 4) is 34.5 Å². The van der Waals surface area contributed by atoms with Crippen LogP contribution in [0.3, 0.4) is 0 Å². The topological polar surface area (TPSA) is 213 Å². The lowest BCUT2D eigenvalue weighted by Gasteiger charge is -2.56. The van der Waals surface area contributed by atoms with E-state index in [-0.39, 0.29) is 109 Å². The predicted octanol–water partition coefficient (Wildman–Crippen LogP) is 16.0. The Morgan fingerprint density at radius 3 is 0.989 bits per heavy atom. The summed E-state index contributed by atoms with van der Waals surface area (Å²) in [4.78, 5) is 81.7. The minimum Gasteiger partial charge on any atom is -0.482 e. The van der Waals surface area contributed by atoms with Crippen molar-refractivity contribution in [2.75, 3.05) is 6.61 Å². The molecule has 18 nitrogen and oxygen atoms in total. The molecule has 1 heterocycles. The van der Waals surface area contributed by atoms with Gasteiger partial charge in [-0.1, -0.05) is 185 Å². The molecule has 90 heavy (non-hydrogen) atoms. The third kappa shape index (κ3) is 17.7. The van der Waals surface area contributed by atoms with Gasteiger partial charge in [-0.15, -0.1) is 0 Å². The van der Waals surface area contributed by atoms with E-state index in [4.69, 9.17) is 55.9 Å². The standard InChI is InChI=1S/C69H100O18Si3/c1-40(2)88(41(3)4,42(5)6)85-64-61(39-78-67(74)55-33-57(79-49(19)70)62(58(34-55)80-50(20)71)76-37-53-29-25-23-26-30-53)83-69(66(87-90(46(13)14,47(15)16)48(17)18)65(64)86-89(43(7)8,44(9)10)45(11)12)84-68(75)56-35-59(81-51(21)72)63(60(36-56)82-52(22)73)77-38-54-31-27-24-28-32-54/h23-36,40-48,61,64-66,69H,37-39H2,1-22H3/t61-,64-,65+,66-,69+/m1/s1. The molecule has 0 amide bonds. The molecule has 21 heteroatoms. The van der Waals surface area contributed by atoms with Gasteiger partial charge in [0.25, 0.3) is 0 Å². The van der Waals surface area contributed by atoms with Crippen molar-refractivity contribution >= 4 is 60.8 Å². The molecule has 5 rings (SSSR count). The zero-order valence-corrected chi connectivity index (χ0v) is 60.1. The van der Waals surface area contributed by atoms with Gasteiger partial charge in [0.2, 0.25) is 42.7 Å². The van der Waals surface area contributed by atoms with Crippen molar-refractivity contribution in [1.82, 2.24) is 0 Å². The van der Waals surface area contributed by atoms with Crippen LogP contribution in [0.2, 0.25) is 49.9 Å². The minimum atomic E-state index is -3.08. The molecule has 1 aliphatic rings. The molecule has 0 aliphatic carbocycles. The summed E-state index contributed by atoms with van der Waals surface area (Å²) >= 11 is 0. The molecule has 5 atom stereocenters. The lowest BCUT2D eigenvalue weighted by molar-refractivity contribution is -0.276. The smallest absolute Gasteiger partial charge is 0.340 e. The monoisotopic (exact) mass is 1300 g/mol. The van der Waals surface area contributed by atoms with Gasteiger partial charge in [-0.3, -0.25) is 19.2 Å². The molecule has 0 N–H and O–H groups in total. The highest BCUT2D eigenvalue weighted by Crippen LogP contribution is 2.52. The van der Waals surface area contributed by atoms with Gasteiger partial charge in [-0.05, 0) is 85.3 Å². The van der Waals surface area contributed by atoms with Crippen LogP contribution in [0.5, 0.6) is 34.5 Å². The molecule has 0 spiro atoms. The summed E-state index contributed by atoms with van der Waals surface area (Å²) < 4.78 is 79.7. The molecule has 0 saturated carbocycles. The second-order valence-electron chi connectivity index (χ2n) is 26.3. The van der Waals surface area contributed by atoms with E-state index in [1.165, 1.54) is 52.0 Å². The number of benzene rings is 4. The van der Waals surface area contributed by atoms with Gasteiger partial charge in [-0.25, -0.2) is 9.59 Å². The number of hydrogen-bond acceptors (Lipinski definition) is 18. The molecule has 0 bridgehead atoms. The van der Waals surface area contributed by atoms with Gasteiger partial charge in [0.15, 0.2) is 23.0 Å². The average Bonchev–Trinajstić information content (AvgIpc) is 0.783. The van der Waals surface area contributed by atoms with E-state index >= 15 is 4.79 Å². The Kier molecular flexibility index (Phi) is 26.8. The summed E-state index contributed by atoms with van der Waals surface area (Å²) in [5.74, 6) is -6.03. The number of esters is 6. The molecule has 0 radical (unpaired) electrons. The van der Waals surface area contributed by atoms with E-state index in [1.807, 2.05) is 60.7 Å². The average molecular weight is 1300 g/mol. The van der Waals surface area contributed by atoms with Crippen LogP contribution in [0, 0.1) is 0 Å². The van der Waals surface area contributed by atoms with Gasteiger partial charge < -0.3 is 55.9 Å². The molecule has 0 unspecified atom stereocenters. The van der Waals surface area contributed by atoms with E-state index in [2.05, 4.69) is 125 Å². The van der Waals surface area contributed by atoms with Crippen LogP contribution in [0.25, 0.3) is 0 Å². The summed E-state index contributed by atoms with van der Waals surface area (Å²) in [6, 6.07) is 23.4. The molecule has 496 valence electrons. The summed E-state index contributed by atoms with van der Waals surface area (Å²) in [6.45, 7) is 43.2.